The minimum absolute atomic E-state index is 0.0877. The van der Waals surface area contributed by atoms with E-state index in [-0.39, 0.29) is 41.5 Å². The lowest BCUT2D eigenvalue weighted by molar-refractivity contribution is -0.126. The molecule has 162 valence electrons. The van der Waals surface area contributed by atoms with Crippen LogP contribution in [0, 0.1) is 19.8 Å². The van der Waals surface area contributed by atoms with E-state index in [9.17, 15) is 18.0 Å². The van der Waals surface area contributed by atoms with Crippen molar-refractivity contribution in [2.45, 2.75) is 45.1 Å². The summed E-state index contributed by atoms with van der Waals surface area (Å²) >= 11 is 0. The van der Waals surface area contributed by atoms with Gasteiger partial charge < -0.3 is 15.2 Å². The van der Waals surface area contributed by atoms with E-state index in [4.69, 9.17) is 4.52 Å². The first kappa shape index (κ1) is 22.0. The Hall–Kier alpha value is -2.72. The molecule has 2 amide bonds. The van der Waals surface area contributed by atoms with E-state index in [1.54, 1.807) is 26.0 Å². The lowest BCUT2D eigenvalue weighted by Crippen LogP contribution is -2.43. The van der Waals surface area contributed by atoms with Crippen molar-refractivity contribution in [1.29, 1.82) is 0 Å². The zero-order valence-corrected chi connectivity index (χ0v) is 18.1. The number of aromatic nitrogens is 1. The van der Waals surface area contributed by atoms with Crippen LogP contribution in [0.25, 0.3) is 0 Å². The monoisotopic (exact) mass is 434 g/mol. The number of nitrogens with zero attached hydrogens (tertiary/aromatic N) is 2. The molecule has 0 unspecified atom stereocenters. The summed E-state index contributed by atoms with van der Waals surface area (Å²) in [5.41, 5.74) is 1.96. The minimum atomic E-state index is -3.68. The first-order valence-electron chi connectivity index (χ1n) is 9.75. The van der Waals surface area contributed by atoms with Gasteiger partial charge in [0.05, 0.1) is 0 Å². The van der Waals surface area contributed by atoms with Gasteiger partial charge in [0.2, 0.25) is 21.8 Å². The summed E-state index contributed by atoms with van der Waals surface area (Å²) in [4.78, 5) is 23.7. The Bertz CT molecular complexity index is 1000. The molecule has 1 saturated heterocycles. The van der Waals surface area contributed by atoms with Crippen LogP contribution in [0.3, 0.4) is 0 Å². The average Bonchev–Trinajstić information content (AvgIpc) is 3.05. The summed E-state index contributed by atoms with van der Waals surface area (Å²) in [6.07, 6.45) is 0.909. The predicted octanol–water partition coefficient (Wildman–Crippen LogP) is 1.97. The number of rotatable bonds is 6. The molecular formula is C20H26N4O5S. The van der Waals surface area contributed by atoms with Gasteiger partial charge in [0.15, 0.2) is 5.76 Å². The highest BCUT2D eigenvalue weighted by Crippen LogP contribution is 2.27. The van der Waals surface area contributed by atoms with Crippen molar-refractivity contribution in [3.05, 3.63) is 41.3 Å². The molecule has 0 aliphatic carbocycles. The molecule has 2 N–H and O–H groups in total. The van der Waals surface area contributed by atoms with Gasteiger partial charge in [-0.25, -0.2) is 8.42 Å². The van der Waals surface area contributed by atoms with Crippen molar-refractivity contribution in [3.8, 4) is 0 Å². The van der Waals surface area contributed by atoms with E-state index in [1.165, 1.54) is 11.2 Å². The molecule has 1 aromatic carbocycles. The number of carbonyl (C=O) groups excluding carboxylic acids is 2. The van der Waals surface area contributed by atoms with Crippen molar-refractivity contribution >= 4 is 27.5 Å². The Balaban J connectivity index is 1.52. The number of aryl methyl sites for hydroxylation is 2. The first-order chi connectivity index (χ1) is 14.2. The molecule has 9 nitrogen and oxygen atoms in total. The largest absolute Gasteiger partial charge is 0.360 e. The molecule has 1 aliphatic rings. The number of sulfonamides is 1. The van der Waals surface area contributed by atoms with Crippen LogP contribution in [-0.4, -0.2) is 42.8 Å². The highest BCUT2D eigenvalue weighted by molar-refractivity contribution is 7.89. The van der Waals surface area contributed by atoms with Gasteiger partial charge in [-0.05, 0) is 44.4 Å². The van der Waals surface area contributed by atoms with Crippen molar-refractivity contribution in [1.82, 2.24) is 14.8 Å². The van der Waals surface area contributed by atoms with Crippen molar-refractivity contribution in [3.63, 3.8) is 0 Å². The highest BCUT2D eigenvalue weighted by atomic mass is 32.2. The van der Waals surface area contributed by atoms with Crippen LogP contribution in [0.4, 0.5) is 5.69 Å². The molecule has 10 heteroatoms. The summed E-state index contributed by atoms with van der Waals surface area (Å²) in [6.45, 7) is 5.55. The van der Waals surface area contributed by atoms with Crippen LogP contribution in [-0.2, 0) is 26.2 Å². The number of hydrogen-bond acceptors (Lipinski definition) is 6. The highest BCUT2D eigenvalue weighted by Gasteiger charge is 2.35. The molecule has 1 fully saturated rings. The quantitative estimate of drug-likeness (QED) is 0.717. The number of anilines is 1. The number of nitrogens with one attached hydrogen (secondary N) is 2. The van der Waals surface area contributed by atoms with E-state index in [0.29, 0.717) is 30.8 Å². The summed E-state index contributed by atoms with van der Waals surface area (Å²) in [7, 11) is -3.68. The number of carbonyl (C=O) groups is 2. The second-order valence-electron chi connectivity index (χ2n) is 7.43. The van der Waals surface area contributed by atoms with Gasteiger partial charge in [0, 0.05) is 38.2 Å². The van der Waals surface area contributed by atoms with E-state index in [1.807, 2.05) is 12.1 Å². The second-order valence-corrected chi connectivity index (χ2v) is 9.30. The fourth-order valence-electron chi connectivity index (χ4n) is 3.57. The summed E-state index contributed by atoms with van der Waals surface area (Å²) in [5, 5.41) is 9.33. The van der Waals surface area contributed by atoms with Crippen LogP contribution >= 0.6 is 0 Å². The fraction of sp³-hybridized carbons (Fsp3) is 0.450. The summed E-state index contributed by atoms with van der Waals surface area (Å²) in [5.74, 6) is -0.189. The Labute approximate surface area is 175 Å². The second kappa shape index (κ2) is 8.97. The van der Waals surface area contributed by atoms with Crippen LogP contribution in [0.15, 0.2) is 33.7 Å². The molecule has 1 aromatic heterocycles. The maximum absolute atomic E-state index is 12.9. The molecule has 0 bridgehead atoms. The van der Waals surface area contributed by atoms with Gasteiger partial charge in [0.25, 0.3) is 0 Å². The summed E-state index contributed by atoms with van der Waals surface area (Å²) < 4.78 is 32.1. The zero-order chi connectivity index (χ0) is 21.9. The zero-order valence-electron chi connectivity index (χ0n) is 17.3. The Morgan fingerprint density at radius 1 is 1.17 bits per heavy atom. The smallest absolute Gasteiger partial charge is 0.248 e. The minimum Gasteiger partial charge on any atom is -0.360 e. The third kappa shape index (κ3) is 4.88. The van der Waals surface area contributed by atoms with Gasteiger partial charge in [-0.3, -0.25) is 9.59 Å². The Morgan fingerprint density at radius 3 is 2.33 bits per heavy atom. The van der Waals surface area contributed by atoms with Gasteiger partial charge in [0.1, 0.15) is 10.6 Å². The summed E-state index contributed by atoms with van der Waals surface area (Å²) in [6, 6.07) is 7.23. The molecule has 30 heavy (non-hydrogen) atoms. The van der Waals surface area contributed by atoms with Crippen LogP contribution in [0.1, 0.15) is 36.8 Å². The van der Waals surface area contributed by atoms with Crippen molar-refractivity contribution < 1.29 is 22.5 Å². The Kier molecular flexibility index (Phi) is 6.57. The van der Waals surface area contributed by atoms with Crippen LogP contribution in [0.2, 0.25) is 0 Å². The van der Waals surface area contributed by atoms with Crippen LogP contribution < -0.4 is 10.6 Å². The first-order valence-corrected chi connectivity index (χ1v) is 11.2. The SMILES string of the molecule is CC(=O)Nc1ccc(CNC(=O)C2CCN(S(=O)(=O)c3c(C)noc3C)CC2)cc1. The standard InChI is InChI=1S/C20H26N4O5S/c1-13-19(14(2)29-23-13)30(27,28)24-10-8-17(9-11-24)20(26)21-12-16-4-6-18(7-5-16)22-15(3)25/h4-7,17H,8-12H2,1-3H3,(H,21,26)(H,22,25). The maximum atomic E-state index is 12.9. The lowest BCUT2D eigenvalue weighted by atomic mass is 9.97. The molecule has 2 aromatic rings. The predicted molar refractivity (Wildman–Crippen MR) is 110 cm³/mol. The van der Waals surface area contributed by atoms with Gasteiger partial charge in [-0.15, -0.1) is 0 Å². The average molecular weight is 435 g/mol. The Morgan fingerprint density at radius 2 is 1.80 bits per heavy atom. The van der Waals surface area contributed by atoms with Gasteiger partial charge in [-0.1, -0.05) is 17.3 Å². The molecule has 0 saturated carbocycles. The number of amides is 2. The molecule has 2 heterocycles. The van der Waals surface area contributed by atoms with Crippen molar-refractivity contribution in [2.24, 2.45) is 5.92 Å². The number of hydrogen-bond donors (Lipinski definition) is 2. The maximum Gasteiger partial charge on any atom is 0.248 e. The molecule has 0 atom stereocenters. The molecule has 3 rings (SSSR count). The molecular weight excluding hydrogens is 408 g/mol. The molecule has 0 radical (unpaired) electrons. The van der Waals surface area contributed by atoms with E-state index >= 15 is 0 Å². The van der Waals surface area contributed by atoms with Crippen molar-refractivity contribution in [2.75, 3.05) is 18.4 Å². The van der Waals surface area contributed by atoms with E-state index < -0.39 is 10.0 Å². The van der Waals surface area contributed by atoms with Gasteiger partial charge in [-0.2, -0.15) is 4.31 Å². The normalized spacial score (nSPS) is 15.7. The topological polar surface area (TPSA) is 122 Å². The fourth-order valence-corrected chi connectivity index (χ4v) is 5.33. The van der Waals surface area contributed by atoms with E-state index in [0.717, 1.165) is 5.56 Å². The van der Waals surface area contributed by atoms with Gasteiger partial charge >= 0.3 is 0 Å². The third-order valence-electron chi connectivity index (χ3n) is 5.13. The molecule has 1 aliphatic heterocycles. The van der Waals surface area contributed by atoms with Crippen LogP contribution in [0.5, 0.6) is 0 Å². The molecule has 0 spiro atoms. The van der Waals surface area contributed by atoms with E-state index in [2.05, 4.69) is 15.8 Å². The third-order valence-corrected chi connectivity index (χ3v) is 7.28. The lowest BCUT2D eigenvalue weighted by Gasteiger charge is -2.30. The number of benzene rings is 1. The number of piperidine rings is 1.